The Morgan fingerprint density at radius 3 is 2.50 bits per heavy atom. The molecule has 0 amide bonds. The van der Waals surface area contributed by atoms with E-state index >= 15 is 0 Å². The number of nitrogens with zero attached hydrogens (tertiary/aromatic N) is 1. The Hall–Kier alpha value is -2.64. The van der Waals surface area contributed by atoms with Gasteiger partial charge in [-0.3, -0.25) is 9.82 Å². The molecule has 0 fully saturated rings. The average molecular weight is 428 g/mol. The summed E-state index contributed by atoms with van der Waals surface area (Å²) in [6.45, 7) is 0. The number of fused-ring (bicyclic) bond motifs is 1. The summed E-state index contributed by atoms with van der Waals surface area (Å²) in [4.78, 5) is 0.197. The Morgan fingerprint density at radius 1 is 0.923 bits per heavy atom. The quantitative estimate of drug-likeness (QED) is 0.491. The van der Waals surface area contributed by atoms with E-state index in [1.54, 1.807) is 36.4 Å². The van der Waals surface area contributed by atoms with Crippen LogP contribution in [-0.2, 0) is 10.0 Å². The smallest absolute Gasteiger partial charge is 0.261 e. The Kier molecular flexibility index (Phi) is 4.26. The van der Waals surface area contributed by atoms with Crippen LogP contribution in [0.3, 0.4) is 0 Å². The van der Waals surface area contributed by atoms with Gasteiger partial charge in [0.15, 0.2) is 0 Å². The van der Waals surface area contributed by atoms with Crippen LogP contribution in [0.15, 0.2) is 82.2 Å². The van der Waals surface area contributed by atoms with Crippen LogP contribution in [0.25, 0.3) is 22.2 Å². The minimum absolute atomic E-state index is 0.197. The van der Waals surface area contributed by atoms with Gasteiger partial charge in [0, 0.05) is 21.1 Å². The second-order valence-corrected chi connectivity index (χ2v) is 8.36. The molecule has 0 aliphatic heterocycles. The fraction of sp³-hybridized carbons (Fsp3) is 0. The van der Waals surface area contributed by atoms with Gasteiger partial charge in [0.2, 0.25) is 0 Å². The van der Waals surface area contributed by atoms with Gasteiger partial charge < -0.3 is 0 Å². The molecule has 0 atom stereocenters. The van der Waals surface area contributed by atoms with Crippen molar-refractivity contribution in [3.63, 3.8) is 0 Å². The number of anilines is 1. The van der Waals surface area contributed by atoms with Gasteiger partial charge in [-0.25, -0.2) is 8.42 Å². The highest BCUT2D eigenvalue weighted by Crippen LogP contribution is 2.29. The minimum atomic E-state index is -3.68. The maximum atomic E-state index is 12.6. The zero-order chi connectivity index (χ0) is 18.1. The van der Waals surface area contributed by atoms with E-state index in [0.29, 0.717) is 10.2 Å². The summed E-state index contributed by atoms with van der Waals surface area (Å²) >= 11 is 3.30. The largest absolute Gasteiger partial charge is 0.280 e. The van der Waals surface area contributed by atoms with E-state index in [-0.39, 0.29) is 4.90 Å². The number of H-pyrrole nitrogens is 1. The van der Waals surface area contributed by atoms with Gasteiger partial charge >= 0.3 is 0 Å². The van der Waals surface area contributed by atoms with Crippen molar-refractivity contribution in [1.29, 1.82) is 0 Å². The lowest BCUT2D eigenvalue weighted by atomic mass is 10.1. The number of halogens is 1. The molecule has 0 radical (unpaired) electrons. The molecule has 4 rings (SSSR count). The van der Waals surface area contributed by atoms with Crippen LogP contribution in [0.4, 0.5) is 5.69 Å². The first-order chi connectivity index (χ1) is 12.5. The molecule has 4 aromatic rings. The highest BCUT2D eigenvalue weighted by atomic mass is 79.9. The number of nitrogens with one attached hydrogen (secondary N) is 2. The number of aromatic nitrogens is 2. The van der Waals surface area contributed by atoms with Gasteiger partial charge in [0.05, 0.1) is 16.1 Å². The van der Waals surface area contributed by atoms with Crippen molar-refractivity contribution in [2.45, 2.75) is 4.90 Å². The van der Waals surface area contributed by atoms with Crippen LogP contribution in [0.1, 0.15) is 0 Å². The van der Waals surface area contributed by atoms with E-state index < -0.39 is 10.0 Å². The summed E-state index contributed by atoms with van der Waals surface area (Å²) in [5.74, 6) is 0. The zero-order valence-electron chi connectivity index (χ0n) is 13.5. The predicted molar refractivity (Wildman–Crippen MR) is 106 cm³/mol. The Balaban J connectivity index is 1.74. The van der Waals surface area contributed by atoms with E-state index in [9.17, 15) is 8.42 Å². The lowest BCUT2D eigenvalue weighted by Crippen LogP contribution is -2.12. The van der Waals surface area contributed by atoms with Crippen LogP contribution in [0.2, 0.25) is 0 Å². The molecule has 1 aromatic heterocycles. The molecule has 0 saturated carbocycles. The molecule has 0 unspecified atom stereocenters. The van der Waals surface area contributed by atoms with Crippen molar-refractivity contribution < 1.29 is 8.42 Å². The van der Waals surface area contributed by atoms with Crippen molar-refractivity contribution >= 4 is 42.5 Å². The third-order valence-corrected chi connectivity index (χ3v) is 5.84. The van der Waals surface area contributed by atoms with Gasteiger partial charge in [-0.2, -0.15) is 5.10 Å². The van der Waals surface area contributed by atoms with E-state index in [1.165, 1.54) is 0 Å². The second kappa shape index (κ2) is 6.59. The van der Waals surface area contributed by atoms with Crippen LogP contribution in [-0.4, -0.2) is 18.6 Å². The van der Waals surface area contributed by atoms with Crippen molar-refractivity contribution in [3.8, 4) is 11.3 Å². The average Bonchev–Trinajstić information content (AvgIpc) is 3.05. The maximum Gasteiger partial charge on any atom is 0.261 e. The highest BCUT2D eigenvalue weighted by Gasteiger charge is 2.16. The van der Waals surface area contributed by atoms with Crippen molar-refractivity contribution in [2.24, 2.45) is 0 Å². The number of sulfonamides is 1. The third-order valence-electron chi connectivity index (χ3n) is 3.97. The number of hydrogen-bond donors (Lipinski definition) is 2. The number of rotatable bonds is 4. The molecule has 1 heterocycles. The van der Waals surface area contributed by atoms with Crippen LogP contribution < -0.4 is 4.72 Å². The fourth-order valence-corrected chi connectivity index (χ4v) is 4.39. The Morgan fingerprint density at radius 2 is 1.73 bits per heavy atom. The molecule has 2 N–H and O–H groups in total. The summed E-state index contributed by atoms with van der Waals surface area (Å²) in [7, 11) is -3.68. The monoisotopic (exact) mass is 427 g/mol. The molecule has 26 heavy (non-hydrogen) atoms. The molecular formula is C19H14BrN3O2S. The lowest BCUT2D eigenvalue weighted by Gasteiger charge is -2.09. The van der Waals surface area contributed by atoms with E-state index in [2.05, 4.69) is 30.8 Å². The lowest BCUT2D eigenvalue weighted by molar-refractivity contribution is 0.601. The van der Waals surface area contributed by atoms with Crippen LogP contribution in [0, 0.1) is 0 Å². The Labute approximate surface area is 159 Å². The predicted octanol–water partition coefficient (Wildman–Crippen LogP) is 4.79. The third kappa shape index (κ3) is 3.23. The summed E-state index contributed by atoms with van der Waals surface area (Å²) in [6, 6.07) is 21.7. The minimum Gasteiger partial charge on any atom is -0.280 e. The zero-order valence-corrected chi connectivity index (χ0v) is 15.9. The van der Waals surface area contributed by atoms with Gasteiger partial charge in [-0.15, -0.1) is 0 Å². The van der Waals surface area contributed by atoms with Crippen molar-refractivity contribution in [1.82, 2.24) is 10.2 Å². The molecule has 0 aliphatic rings. The van der Waals surface area contributed by atoms with E-state index in [1.807, 2.05) is 36.4 Å². The number of benzene rings is 3. The van der Waals surface area contributed by atoms with E-state index in [0.717, 1.165) is 22.2 Å². The van der Waals surface area contributed by atoms with Crippen molar-refractivity contribution in [2.75, 3.05) is 4.72 Å². The maximum absolute atomic E-state index is 12.6. The topological polar surface area (TPSA) is 74.8 Å². The number of aromatic amines is 1. The SMILES string of the molecule is O=S(=O)(Nc1ccc2[nH]nc(-c3ccccc3)c2c1)c1cccc(Br)c1. The Bertz CT molecular complexity index is 1190. The molecule has 0 aliphatic carbocycles. The first kappa shape index (κ1) is 16.8. The molecule has 130 valence electrons. The standard InChI is InChI=1S/C19H14BrN3O2S/c20-14-7-4-8-16(11-14)26(24,25)23-15-9-10-18-17(12-15)19(22-21-18)13-5-2-1-3-6-13/h1-12,23H,(H,21,22). The van der Waals surface area contributed by atoms with Gasteiger partial charge in [0.25, 0.3) is 10.0 Å². The molecular weight excluding hydrogens is 414 g/mol. The molecule has 7 heteroatoms. The number of hydrogen-bond acceptors (Lipinski definition) is 3. The molecule has 3 aromatic carbocycles. The summed E-state index contributed by atoms with van der Waals surface area (Å²) in [6.07, 6.45) is 0. The fourth-order valence-electron chi connectivity index (χ4n) is 2.74. The van der Waals surface area contributed by atoms with Crippen LogP contribution >= 0.6 is 15.9 Å². The van der Waals surface area contributed by atoms with Crippen LogP contribution in [0.5, 0.6) is 0 Å². The molecule has 0 saturated heterocycles. The van der Waals surface area contributed by atoms with Gasteiger partial charge in [-0.05, 0) is 36.4 Å². The second-order valence-electron chi connectivity index (χ2n) is 5.76. The molecule has 0 spiro atoms. The van der Waals surface area contributed by atoms with Crippen molar-refractivity contribution in [3.05, 3.63) is 77.3 Å². The van der Waals surface area contributed by atoms with Gasteiger partial charge in [0.1, 0.15) is 0 Å². The summed E-state index contributed by atoms with van der Waals surface area (Å²) in [5, 5.41) is 8.20. The summed E-state index contributed by atoms with van der Waals surface area (Å²) < 4.78 is 28.6. The highest BCUT2D eigenvalue weighted by molar-refractivity contribution is 9.10. The first-order valence-electron chi connectivity index (χ1n) is 7.85. The molecule has 5 nitrogen and oxygen atoms in total. The summed E-state index contributed by atoms with van der Waals surface area (Å²) in [5.41, 5.74) is 3.07. The van der Waals surface area contributed by atoms with Gasteiger partial charge in [-0.1, -0.05) is 52.3 Å². The first-order valence-corrected chi connectivity index (χ1v) is 10.1. The van der Waals surface area contributed by atoms with E-state index in [4.69, 9.17) is 0 Å². The normalized spacial score (nSPS) is 11.6. The molecule has 0 bridgehead atoms.